The number of hydrogen-bond donors (Lipinski definition) is 2. The number of ether oxygens (including phenoxy) is 1. The lowest BCUT2D eigenvalue weighted by Gasteiger charge is -2.27. The van der Waals surface area contributed by atoms with Crippen LogP contribution < -0.4 is 15.4 Å². The molecular weight excluding hydrogens is 462 g/mol. The summed E-state index contributed by atoms with van der Waals surface area (Å²) in [5.41, 5.74) is 1.44. The van der Waals surface area contributed by atoms with Crippen molar-refractivity contribution in [1.82, 2.24) is 10.2 Å². The molecule has 2 aromatic carbocycles. The van der Waals surface area contributed by atoms with Crippen LogP contribution in [0.4, 0.5) is 5.69 Å². The van der Waals surface area contributed by atoms with Gasteiger partial charge in [-0.15, -0.1) is 0 Å². The summed E-state index contributed by atoms with van der Waals surface area (Å²) in [5.74, 6) is -2.13. The van der Waals surface area contributed by atoms with Crippen LogP contribution in [0, 0.1) is 0 Å². The zero-order valence-corrected chi connectivity index (χ0v) is 19.3. The van der Waals surface area contributed by atoms with Crippen LogP contribution in [0.5, 0.6) is 5.75 Å². The highest BCUT2D eigenvalue weighted by atomic mass is 32.2. The van der Waals surface area contributed by atoms with Crippen molar-refractivity contribution < 1.29 is 32.3 Å². The molecule has 0 fully saturated rings. The summed E-state index contributed by atoms with van der Waals surface area (Å²) in [6, 6.07) is 9.36. The first-order chi connectivity index (χ1) is 16.0. The summed E-state index contributed by atoms with van der Waals surface area (Å²) in [6.45, 7) is 1.61. The fourth-order valence-corrected chi connectivity index (χ4v) is 4.61. The summed E-state index contributed by atoms with van der Waals surface area (Å²) in [7, 11) is -3.46. The van der Waals surface area contributed by atoms with Crippen LogP contribution in [-0.2, 0) is 19.4 Å². The van der Waals surface area contributed by atoms with Crippen LogP contribution in [-0.4, -0.2) is 61.6 Å². The van der Waals surface area contributed by atoms with Crippen LogP contribution in [0.25, 0.3) is 0 Å². The third-order valence-corrected chi connectivity index (χ3v) is 6.67. The zero-order valence-electron chi connectivity index (χ0n) is 18.5. The minimum atomic E-state index is -3.46. The molecule has 0 saturated carbocycles. The van der Waals surface area contributed by atoms with Gasteiger partial charge >= 0.3 is 0 Å². The van der Waals surface area contributed by atoms with Gasteiger partial charge in [0.1, 0.15) is 21.6 Å². The number of carbonyl (C=O) groups excluding carboxylic acids is 4. The normalized spacial score (nSPS) is 16.8. The number of imide groups is 1. The Balaban J connectivity index is 1.58. The Bertz CT molecular complexity index is 1270. The molecule has 0 saturated heterocycles. The Morgan fingerprint density at radius 2 is 1.76 bits per heavy atom. The highest BCUT2D eigenvalue weighted by molar-refractivity contribution is 7.90. The van der Waals surface area contributed by atoms with E-state index in [2.05, 4.69) is 10.6 Å². The van der Waals surface area contributed by atoms with Crippen molar-refractivity contribution in [3.8, 4) is 5.75 Å². The van der Waals surface area contributed by atoms with Gasteiger partial charge in [0.15, 0.2) is 6.61 Å². The van der Waals surface area contributed by atoms with Gasteiger partial charge in [-0.25, -0.2) is 8.42 Å². The van der Waals surface area contributed by atoms with Crippen LogP contribution in [0.3, 0.4) is 0 Å². The Morgan fingerprint density at radius 3 is 2.38 bits per heavy atom. The molecule has 0 bridgehead atoms. The van der Waals surface area contributed by atoms with Gasteiger partial charge in [0.25, 0.3) is 17.7 Å². The largest absolute Gasteiger partial charge is 0.482 e. The van der Waals surface area contributed by atoms with E-state index in [9.17, 15) is 27.6 Å². The first kappa shape index (κ1) is 23.4. The van der Waals surface area contributed by atoms with Gasteiger partial charge in [0.05, 0.1) is 28.6 Å². The lowest BCUT2D eigenvalue weighted by atomic mass is 10.1. The third-order valence-electron chi connectivity index (χ3n) is 5.70. The molecule has 0 radical (unpaired) electrons. The Morgan fingerprint density at radius 1 is 1.12 bits per heavy atom. The second-order valence-corrected chi connectivity index (χ2v) is 10.5. The molecule has 2 atom stereocenters. The molecule has 0 aliphatic carbocycles. The fourth-order valence-electron chi connectivity index (χ4n) is 3.96. The summed E-state index contributed by atoms with van der Waals surface area (Å²) in [5, 5.41) is 5.46. The molecule has 10 nitrogen and oxygen atoms in total. The first-order valence-corrected chi connectivity index (χ1v) is 12.6. The summed E-state index contributed by atoms with van der Waals surface area (Å²) in [6.07, 6.45) is 0.785. The monoisotopic (exact) mass is 485 g/mol. The highest BCUT2D eigenvalue weighted by Crippen LogP contribution is 2.31. The van der Waals surface area contributed by atoms with Crippen molar-refractivity contribution in [2.45, 2.75) is 25.4 Å². The number of carbonyl (C=O) groups is 4. The lowest BCUT2D eigenvalue weighted by molar-refractivity contribution is -0.125. The molecule has 2 heterocycles. The minimum absolute atomic E-state index is 0.0824. The van der Waals surface area contributed by atoms with Gasteiger partial charge in [-0.3, -0.25) is 24.1 Å². The predicted molar refractivity (Wildman–Crippen MR) is 122 cm³/mol. The summed E-state index contributed by atoms with van der Waals surface area (Å²) in [4.78, 5) is 51.6. The standard InChI is InChI=1S/C23H23N3O7S/c1-13(14-7-8-19-17(11-14)25-20(27)12-33-19)24-21(28)18(9-10-34(2,31)32)26-22(29)15-5-3-4-6-16(15)23(26)30/h3-8,11,13,18H,9-10,12H2,1-2H3,(H,24,28)(H,25,27)/t13-,18-/m0/s1. The second-order valence-electron chi connectivity index (χ2n) is 8.28. The zero-order chi connectivity index (χ0) is 24.6. The van der Waals surface area contributed by atoms with E-state index in [0.29, 0.717) is 17.0 Å². The molecule has 2 aromatic rings. The average molecular weight is 486 g/mol. The van der Waals surface area contributed by atoms with Crippen molar-refractivity contribution in [3.05, 3.63) is 59.2 Å². The van der Waals surface area contributed by atoms with Crippen molar-refractivity contribution >= 4 is 39.2 Å². The highest BCUT2D eigenvalue weighted by Gasteiger charge is 2.43. The molecule has 2 aliphatic heterocycles. The molecule has 0 spiro atoms. The van der Waals surface area contributed by atoms with E-state index in [1.165, 1.54) is 12.1 Å². The van der Waals surface area contributed by atoms with Gasteiger partial charge in [-0.2, -0.15) is 0 Å². The van der Waals surface area contributed by atoms with Crippen molar-refractivity contribution in [1.29, 1.82) is 0 Å². The number of hydrogen-bond acceptors (Lipinski definition) is 7. The smallest absolute Gasteiger partial charge is 0.262 e. The van der Waals surface area contributed by atoms with Crippen LogP contribution in [0.15, 0.2) is 42.5 Å². The number of benzene rings is 2. The molecule has 0 unspecified atom stereocenters. The van der Waals surface area contributed by atoms with Gasteiger partial charge in [0.2, 0.25) is 5.91 Å². The number of nitrogens with one attached hydrogen (secondary N) is 2. The molecule has 34 heavy (non-hydrogen) atoms. The summed E-state index contributed by atoms with van der Waals surface area (Å²) < 4.78 is 28.9. The molecule has 4 rings (SSSR count). The van der Waals surface area contributed by atoms with Gasteiger partial charge in [-0.1, -0.05) is 18.2 Å². The second kappa shape index (κ2) is 8.90. The lowest BCUT2D eigenvalue weighted by Crippen LogP contribution is -2.50. The number of anilines is 1. The molecule has 4 amide bonds. The molecule has 178 valence electrons. The topological polar surface area (TPSA) is 139 Å². The van der Waals surface area contributed by atoms with E-state index < -0.39 is 39.6 Å². The van der Waals surface area contributed by atoms with Gasteiger partial charge in [0, 0.05) is 6.26 Å². The molecule has 2 N–H and O–H groups in total. The predicted octanol–water partition coefficient (Wildman–Crippen LogP) is 1.29. The maximum Gasteiger partial charge on any atom is 0.262 e. The van der Waals surface area contributed by atoms with E-state index in [0.717, 1.165) is 11.2 Å². The molecule has 0 aromatic heterocycles. The minimum Gasteiger partial charge on any atom is -0.482 e. The van der Waals surface area contributed by atoms with E-state index in [1.54, 1.807) is 37.3 Å². The molecular formula is C23H23N3O7S. The third kappa shape index (κ3) is 4.65. The maximum absolute atomic E-state index is 13.3. The summed E-state index contributed by atoms with van der Waals surface area (Å²) >= 11 is 0. The molecule has 11 heteroatoms. The van der Waals surface area contributed by atoms with Crippen molar-refractivity contribution in [3.63, 3.8) is 0 Å². The number of fused-ring (bicyclic) bond motifs is 2. The SMILES string of the molecule is C[C@H](NC(=O)[C@H](CCS(C)(=O)=O)N1C(=O)c2ccccc2C1=O)c1ccc2c(c1)NC(=O)CO2. The van der Waals surface area contributed by atoms with Crippen LogP contribution in [0.1, 0.15) is 45.7 Å². The Labute approximate surface area is 196 Å². The van der Waals surface area contributed by atoms with Crippen LogP contribution >= 0.6 is 0 Å². The average Bonchev–Trinajstić information content (AvgIpc) is 3.03. The van der Waals surface area contributed by atoms with Gasteiger partial charge < -0.3 is 15.4 Å². The van der Waals surface area contributed by atoms with E-state index >= 15 is 0 Å². The Kier molecular flexibility index (Phi) is 6.13. The molecule has 2 aliphatic rings. The van der Waals surface area contributed by atoms with E-state index in [1.807, 2.05) is 0 Å². The fraction of sp³-hybridized carbons (Fsp3) is 0.304. The van der Waals surface area contributed by atoms with Gasteiger partial charge in [-0.05, 0) is 43.2 Å². The van der Waals surface area contributed by atoms with E-state index in [-0.39, 0.29) is 35.8 Å². The first-order valence-electron chi connectivity index (χ1n) is 10.6. The quantitative estimate of drug-likeness (QED) is 0.564. The number of rotatable bonds is 7. The van der Waals surface area contributed by atoms with Crippen LogP contribution in [0.2, 0.25) is 0 Å². The van der Waals surface area contributed by atoms with Crippen molar-refractivity contribution in [2.24, 2.45) is 0 Å². The maximum atomic E-state index is 13.3. The number of sulfone groups is 1. The Hall–Kier alpha value is -3.73. The van der Waals surface area contributed by atoms with E-state index in [4.69, 9.17) is 4.74 Å². The van der Waals surface area contributed by atoms with Crippen molar-refractivity contribution in [2.75, 3.05) is 23.9 Å². The number of amides is 4. The number of nitrogens with zero attached hydrogens (tertiary/aromatic N) is 1.